The summed E-state index contributed by atoms with van der Waals surface area (Å²) >= 11 is 0. The van der Waals surface area contributed by atoms with E-state index >= 15 is 0 Å². The van der Waals surface area contributed by atoms with Crippen molar-refractivity contribution in [1.29, 1.82) is 0 Å². The minimum absolute atomic E-state index is 0.0301. The smallest absolute Gasteiger partial charge is 0.340 e. The van der Waals surface area contributed by atoms with Gasteiger partial charge in [-0.15, -0.1) is 0 Å². The zero-order valence-electron chi connectivity index (χ0n) is 16.4. The third-order valence-corrected chi connectivity index (χ3v) is 4.89. The Morgan fingerprint density at radius 1 is 1.18 bits per heavy atom. The molecule has 0 fully saturated rings. The molecule has 1 aromatic carbocycles. The number of pyridine rings is 1. The SMILES string of the molecule is COC(=O)C1=C(N)Oc2cc(C)n(C)c(=O)c2[C@@H]1c1cc(OC)ccc1OC. The second-order valence-corrected chi connectivity index (χ2v) is 6.34. The molecule has 148 valence electrons. The highest BCUT2D eigenvalue weighted by Gasteiger charge is 2.39. The molecule has 1 aromatic heterocycles. The minimum Gasteiger partial charge on any atom is -0.497 e. The van der Waals surface area contributed by atoms with Crippen LogP contribution in [0.3, 0.4) is 0 Å². The van der Waals surface area contributed by atoms with Crippen molar-refractivity contribution >= 4 is 5.97 Å². The van der Waals surface area contributed by atoms with Crippen molar-refractivity contribution in [3.63, 3.8) is 0 Å². The van der Waals surface area contributed by atoms with Gasteiger partial charge in [0.25, 0.3) is 5.56 Å². The summed E-state index contributed by atoms with van der Waals surface area (Å²) in [7, 11) is 5.92. The quantitative estimate of drug-likeness (QED) is 0.796. The van der Waals surface area contributed by atoms with E-state index in [9.17, 15) is 9.59 Å². The predicted molar refractivity (Wildman–Crippen MR) is 102 cm³/mol. The predicted octanol–water partition coefficient (Wildman–Crippen LogP) is 1.58. The summed E-state index contributed by atoms with van der Waals surface area (Å²) in [5, 5.41) is 0. The summed E-state index contributed by atoms with van der Waals surface area (Å²) in [6.45, 7) is 1.78. The first-order valence-electron chi connectivity index (χ1n) is 8.52. The van der Waals surface area contributed by atoms with E-state index in [0.717, 1.165) is 0 Å². The number of hydrogen-bond donors (Lipinski definition) is 1. The van der Waals surface area contributed by atoms with Crippen LogP contribution < -0.4 is 25.5 Å². The number of fused-ring (bicyclic) bond motifs is 1. The van der Waals surface area contributed by atoms with Gasteiger partial charge < -0.3 is 29.2 Å². The first-order valence-corrected chi connectivity index (χ1v) is 8.52. The van der Waals surface area contributed by atoms with Gasteiger partial charge in [-0.25, -0.2) is 4.79 Å². The molecule has 3 rings (SSSR count). The maximum Gasteiger partial charge on any atom is 0.340 e. The van der Waals surface area contributed by atoms with Crippen LogP contribution in [0.4, 0.5) is 0 Å². The molecular formula is C20H22N2O6. The van der Waals surface area contributed by atoms with E-state index in [1.165, 1.54) is 25.9 Å². The summed E-state index contributed by atoms with van der Waals surface area (Å²) in [5.74, 6) is -0.366. The number of carbonyl (C=O) groups excluding carboxylic acids is 1. The normalized spacial score (nSPS) is 15.5. The molecule has 1 atom stereocenters. The zero-order valence-corrected chi connectivity index (χ0v) is 16.4. The Hall–Kier alpha value is -3.42. The molecule has 0 bridgehead atoms. The van der Waals surface area contributed by atoms with Gasteiger partial charge in [0.2, 0.25) is 5.88 Å². The summed E-state index contributed by atoms with van der Waals surface area (Å²) in [6, 6.07) is 6.83. The second kappa shape index (κ2) is 7.30. The monoisotopic (exact) mass is 386 g/mol. The number of rotatable bonds is 4. The molecule has 0 spiro atoms. The van der Waals surface area contributed by atoms with Crippen LogP contribution >= 0.6 is 0 Å². The largest absolute Gasteiger partial charge is 0.497 e. The van der Waals surface area contributed by atoms with E-state index in [1.54, 1.807) is 38.2 Å². The van der Waals surface area contributed by atoms with Crippen LogP contribution in [0.5, 0.6) is 17.2 Å². The van der Waals surface area contributed by atoms with Crippen LogP contribution in [0.2, 0.25) is 0 Å². The summed E-state index contributed by atoms with van der Waals surface area (Å²) in [4.78, 5) is 25.7. The Bertz CT molecular complexity index is 1040. The maximum atomic E-state index is 13.1. The molecule has 2 aromatic rings. The number of carbonyl (C=O) groups is 1. The number of esters is 1. The number of aromatic nitrogens is 1. The zero-order chi connectivity index (χ0) is 20.6. The fourth-order valence-electron chi connectivity index (χ4n) is 3.33. The van der Waals surface area contributed by atoms with Crippen LogP contribution in [0.1, 0.15) is 22.7 Å². The fraction of sp³-hybridized carbons (Fsp3) is 0.300. The van der Waals surface area contributed by atoms with Crippen molar-refractivity contribution < 1.29 is 23.7 Å². The van der Waals surface area contributed by atoms with Gasteiger partial charge in [-0.05, 0) is 25.1 Å². The Morgan fingerprint density at radius 2 is 1.89 bits per heavy atom. The van der Waals surface area contributed by atoms with Gasteiger partial charge in [0.15, 0.2) is 0 Å². The summed E-state index contributed by atoms with van der Waals surface area (Å²) in [6.07, 6.45) is 0. The lowest BCUT2D eigenvalue weighted by molar-refractivity contribution is -0.136. The first kappa shape index (κ1) is 19.3. The Kier molecular flexibility index (Phi) is 5.04. The number of benzene rings is 1. The molecule has 0 saturated heterocycles. The minimum atomic E-state index is -0.847. The Labute approximate surface area is 162 Å². The van der Waals surface area contributed by atoms with E-state index in [0.29, 0.717) is 28.5 Å². The summed E-state index contributed by atoms with van der Waals surface area (Å²) in [5.41, 5.74) is 7.30. The number of ether oxygens (including phenoxy) is 4. The number of nitrogens with two attached hydrogens (primary N) is 1. The van der Waals surface area contributed by atoms with Crippen LogP contribution in [0, 0.1) is 6.92 Å². The first-order chi connectivity index (χ1) is 13.3. The molecule has 8 heteroatoms. The molecule has 8 nitrogen and oxygen atoms in total. The van der Waals surface area contributed by atoms with E-state index in [4.69, 9.17) is 24.7 Å². The molecule has 2 heterocycles. The van der Waals surface area contributed by atoms with E-state index < -0.39 is 11.9 Å². The van der Waals surface area contributed by atoms with Crippen LogP contribution in [-0.2, 0) is 16.6 Å². The lowest BCUT2D eigenvalue weighted by atomic mass is 9.82. The molecule has 2 N–H and O–H groups in total. The van der Waals surface area contributed by atoms with Gasteiger partial charge in [-0.2, -0.15) is 0 Å². The summed E-state index contributed by atoms with van der Waals surface area (Å²) < 4.78 is 22.8. The van der Waals surface area contributed by atoms with Gasteiger partial charge in [-0.1, -0.05) is 0 Å². The third kappa shape index (κ3) is 2.96. The number of aryl methyl sites for hydroxylation is 1. The van der Waals surface area contributed by atoms with Crippen molar-refractivity contribution in [2.75, 3.05) is 21.3 Å². The van der Waals surface area contributed by atoms with Crippen molar-refractivity contribution in [3.8, 4) is 17.2 Å². The topological polar surface area (TPSA) is 102 Å². The van der Waals surface area contributed by atoms with E-state index in [2.05, 4.69) is 0 Å². The molecular weight excluding hydrogens is 364 g/mol. The second-order valence-electron chi connectivity index (χ2n) is 6.34. The number of hydrogen-bond acceptors (Lipinski definition) is 7. The van der Waals surface area contributed by atoms with Gasteiger partial charge in [0, 0.05) is 24.4 Å². The average Bonchev–Trinajstić information content (AvgIpc) is 2.70. The highest BCUT2D eigenvalue weighted by Crippen LogP contribution is 2.45. The Balaban J connectivity index is 2.41. The molecule has 1 aliphatic heterocycles. The Morgan fingerprint density at radius 3 is 2.50 bits per heavy atom. The van der Waals surface area contributed by atoms with Crippen LogP contribution in [0.15, 0.2) is 40.5 Å². The van der Waals surface area contributed by atoms with E-state index in [1.807, 2.05) is 0 Å². The molecule has 0 radical (unpaired) electrons. The molecule has 0 unspecified atom stereocenters. The lowest BCUT2D eigenvalue weighted by Gasteiger charge is -2.29. The number of methoxy groups -OCH3 is 3. The third-order valence-electron chi connectivity index (χ3n) is 4.89. The molecule has 1 aliphatic rings. The van der Waals surface area contributed by atoms with Crippen molar-refractivity contribution in [2.45, 2.75) is 12.8 Å². The van der Waals surface area contributed by atoms with E-state index in [-0.39, 0.29) is 22.6 Å². The lowest BCUT2D eigenvalue weighted by Crippen LogP contribution is -2.34. The van der Waals surface area contributed by atoms with Crippen molar-refractivity contribution in [2.24, 2.45) is 12.8 Å². The maximum absolute atomic E-state index is 13.1. The highest BCUT2D eigenvalue weighted by molar-refractivity contribution is 5.92. The molecule has 0 aliphatic carbocycles. The van der Waals surface area contributed by atoms with Gasteiger partial charge in [-0.3, -0.25) is 4.79 Å². The van der Waals surface area contributed by atoms with Gasteiger partial charge in [0.05, 0.1) is 32.8 Å². The van der Waals surface area contributed by atoms with Crippen LogP contribution in [-0.4, -0.2) is 31.9 Å². The molecule has 28 heavy (non-hydrogen) atoms. The van der Waals surface area contributed by atoms with Crippen molar-refractivity contribution in [3.05, 3.63) is 62.9 Å². The number of nitrogens with zero attached hydrogens (tertiary/aromatic N) is 1. The van der Waals surface area contributed by atoms with Gasteiger partial charge in [0.1, 0.15) is 22.8 Å². The van der Waals surface area contributed by atoms with Gasteiger partial charge >= 0.3 is 5.97 Å². The average molecular weight is 386 g/mol. The standard InChI is InChI=1S/C20H22N2O6/c1-10-8-14-16(19(23)22(10)2)15(17(18(21)28-14)20(24)27-5)12-9-11(25-3)6-7-13(12)26-4/h6-9,15H,21H2,1-5H3/t15-/m0/s1. The molecule has 0 saturated carbocycles. The van der Waals surface area contributed by atoms with Crippen molar-refractivity contribution in [1.82, 2.24) is 4.57 Å². The molecule has 0 amide bonds. The van der Waals surface area contributed by atoms with Crippen LogP contribution in [0.25, 0.3) is 0 Å². The highest BCUT2D eigenvalue weighted by atomic mass is 16.5. The fourth-order valence-corrected chi connectivity index (χ4v) is 3.33.